The van der Waals surface area contributed by atoms with Crippen LogP contribution in [0.4, 0.5) is 0 Å². The number of aliphatic hydroxyl groups is 1. The lowest BCUT2D eigenvalue weighted by Gasteiger charge is -2.30. The summed E-state index contributed by atoms with van der Waals surface area (Å²) >= 11 is 8.27. The van der Waals surface area contributed by atoms with Crippen LogP contribution in [0.1, 0.15) is 37.0 Å². The van der Waals surface area contributed by atoms with E-state index in [0.29, 0.717) is 12.1 Å². The first-order valence-corrected chi connectivity index (χ1v) is 8.32. The molecule has 1 heterocycles. The highest BCUT2D eigenvalue weighted by atomic mass is 79.9. The molecule has 1 N–H and O–H groups in total. The third-order valence-corrected chi connectivity index (χ3v) is 5.21. The van der Waals surface area contributed by atoms with Gasteiger partial charge in [-0.2, -0.15) is 0 Å². The van der Waals surface area contributed by atoms with Gasteiger partial charge in [-0.25, -0.2) is 0 Å². The van der Waals surface area contributed by atoms with Crippen molar-refractivity contribution in [3.63, 3.8) is 0 Å². The lowest BCUT2D eigenvalue weighted by Crippen LogP contribution is -2.41. The monoisotopic (exact) mass is 397 g/mol. The van der Waals surface area contributed by atoms with Gasteiger partial charge in [0, 0.05) is 12.6 Å². The van der Waals surface area contributed by atoms with Crippen molar-refractivity contribution in [1.82, 2.24) is 4.90 Å². The van der Waals surface area contributed by atoms with Crippen molar-refractivity contribution in [2.75, 3.05) is 13.2 Å². The van der Waals surface area contributed by atoms with E-state index in [0.717, 1.165) is 20.4 Å². The fourth-order valence-corrected chi connectivity index (χ4v) is 4.71. The van der Waals surface area contributed by atoms with E-state index in [1.807, 2.05) is 6.07 Å². The summed E-state index contributed by atoms with van der Waals surface area (Å²) in [6, 6.07) is 2.00. The molecule has 1 amide bonds. The molecule has 0 unspecified atom stereocenters. The van der Waals surface area contributed by atoms with Crippen molar-refractivity contribution < 1.29 is 9.90 Å². The van der Waals surface area contributed by atoms with Crippen LogP contribution < -0.4 is 0 Å². The molecule has 0 aromatic carbocycles. The van der Waals surface area contributed by atoms with Gasteiger partial charge in [0.1, 0.15) is 0 Å². The van der Waals surface area contributed by atoms with Gasteiger partial charge in [0.25, 0.3) is 5.91 Å². The van der Waals surface area contributed by atoms with E-state index >= 15 is 0 Å². The zero-order valence-corrected chi connectivity index (χ0v) is 14.4. The molecule has 0 aliphatic carbocycles. The highest BCUT2D eigenvalue weighted by Gasteiger charge is 2.24. The highest BCUT2D eigenvalue weighted by Crippen LogP contribution is 2.33. The third kappa shape index (κ3) is 3.79. The lowest BCUT2D eigenvalue weighted by atomic mass is 10.1. The van der Waals surface area contributed by atoms with E-state index in [2.05, 4.69) is 45.7 Å². The number of rotatable bonds is 6. The maximum absolute atomic E-state index is 12.5. The average Bonchev–Trinajstić information content (AvgIpc) is 2.68. The maximum atomic E-state index is 12.5. The zero-order chi connectivity index (χ0) is 13.7. The Balaban J connectivity index is 2.98. The summed E-state index contributed by atoms with van der Waals surface area (Å²) in [6.07, 6.45) is 1.79. The van der Waals surface area contributed by atoms with Crippen LogP contribution in [0, 0.1) is 0 Å². The molecule has 18 heavy (non-hydrogen) atoms. The van der Waals surface area contributed by atoms with Gasteiger partial charge < -0.3 is 10.0 Å². The molecule has 1 aromatic heterocycles. The van der Waals surface area contributed by atoms with E-state index in [-0.39, 0.29) is 18.6 Å². The van der Waals surface area contributed by atoms with Crippen molar-refractivity contribution in [3.8, 4) is 0 Å². The van der Waals surface area contributed by atoms with Crippen LogP contribution in [0.15, 0.2) is 13.6 Å². The van der Waals surface area contributed by atoms with E-state index in [4.69, 9.17) is 5.11 Å². The van der Waals surface area contributed by atoms with Gasteiger partial charge in [0.05, 0.1) is 19.7 Å². The van der Waals surface area contributed by atoms with Crippen molar-refractivity contribution in [3.05, 3.63) is 19.2 Å². The summed E-state index contributed by atoms with van der Waals surface area (Å²) < 4.78 is 1.75. The molecule has 3 nitrogen and oxygen atoms in total. The Morgan fingerprint density at radius 2 is 2.06 bits per heavy atom. The molecule has 0 saturated heterocycles. The van der Waals surface area contributed by atoms with E-state index < -0.39 is 0 Å². The summed E-state index contributed by atoms with van der Waals surface area (Å²) in [5.74, 6) is -0.0217. The molecule has 0 fully saturated rings. The molecule has 0 aliphatic rings. The normalized spacial score (nSPS) is 11.0. The van der Waals surface area contributed by atoms with Crippen LogP contribution in [0.2, 0.25) is 0 Å². The Morgan fingerprint density at radius 1 is 1.44 bits per heavy atom. The summed E-state index contributed by atoms with van der Waals surface area (Å²) in [5.41, 5.74) is 0.659. The quantitative estimate of drug-likeness (QED) is 0.789. The predicted molar refractivity (Wildman–Crippen MR) is 82.2 cm³/mol. The predicted octanol–water partition coefficient (Wildman–Crippen LogP) is 3.90. The fourth-order valence-electron chi connectivity index (χ4n) is 1.93. The highest BCUT2D eigenvalue weighted by molar-refractivity contribution is 9.12. The second-order valence-electron chi connectivity index (χ2n) is 3.93. The number of hydrogen-bond acceptors (Lipinski definition) is 3. The summed E-state index contributed by atoms with van der Waals surface area (Å²) in [7, 11) is 0. The van der Waals surface area contributed by atoms with Crippen LogP contribution in [-0.4, -0.2) is 35.1 Å². The molecule has 0 aliphatic heterocycles. The van der Waals surface area contributed by atoms with Crippen LogP contribution >= 0.6 is 43.2 Å². The van der Waals surface area contributed by atoms with Gasteiger partial charge >= 0.3 is 0 Å². The molecule has 102 valence electrons. The molecule has 1 aromatic rings. The Morgan fingerprint density at radius 3 is 2.44 bits per heavy atom. The van der Waals surface area contributed by atoms with Crippen LogP contribution in [0.5, 0.6) is 0 Å². The number of carbonyl (C=O) groups excluding carboxylic acids is 1. The number of halogens is 2. The first-order chi connectivity index (χ1) is 8.54. The molecule has 0 atom stereocenters. The summed E-state index contributed by atoms with van der Waals surface area (Å²) in [4.78, 5) is 14.3. The van der Waals surface area contributed by atoms with Gasteiger partial charge in [-0.3, -0.25) is 4.79 Å². The minimum atomic E-state index is -0.0217. The van der Waals surface area contributed by atoms with E-state index in [1.54, 1.807) is 4.90 Å². The molecular weight excluding hydrogens is 382 g/mol. The topological polar surface area (TPSA) is 40.5 Å². The Hall–Kier alpha value is 0.0900. The average molecular weight is 399 g/mol. The van der Waals surface area contributed by atoms with Gasteiger partial charge in [0.15, 0.2) is 0 Å². The Bertz CT molecular complexity index is 405. The van der Waals surface area contributed by atoms with Crippen molar-refractivity contribution >= 4 is 49.1 Å². The third-order valence-electron chi connectivity index (χ3n) is 2.87. The van der Waals surface area contributed by atoms with Gasteiger partial charge in [-0.15, -0.1) is 11.3 Å². The zero-order valence-electron chi connectivity index (χ0n) is 10.4. The number of aliphatic hydroxyl groups excluding tert-OH is 1. The standard InChI is InChI=1S/C12H17Br2NO2S/c1-3-8(4-2)15(5-6-16)12(17)9-7-10(13)18-11(9)14/h7-8,16H,3-6H2,1-2H3. The van der Waals surface area contributed by atoms with Crippen molar-refractivity contribution in [1.29, 1.82) is 0 Å². The number of hydrogen-bond donors (Lipinski definition) is 1. The smallest absolute Gasteiger partial charge is 0.256 e. The van der Waals surface area contributed by atoms with Gasteiger partial charge in [0.2, 0.25) is 0 Å². The van der Waals surface area contributed by atoms with Gasteiger partial charge in [-0.05, 0) is 50.8 Å². The second-order valence-corrected chi connectivity index (χ2v) is 7.68. The molecule has 0 radical (unpaired) electrons. The minimum Gasteiger partial charge on any atom is -0.395 e. The maximum Gasteiger partial charge on any atom is 0.256 e. The van der Waals surface area contributed by atoms with Crippen LogP contribution in [0.25, 0.3) is 0 Å². The number of amides is 1. The molecule has 1 rings (SSSR count). The largest absolute Gasteiger partial charge is 0.395 e. The second kappa shape index (κ2) is 7.62. The molecule has 0 saturated carbocycles. The Labute approximate surface area is 128 Å². The minimum absolute atomic E-state index is 0.00876. The van der Waals surface area contributed by atoms with E-state index in [9.17, 15) is 4.79 Å². The number of thiophene rings is 1. The lowest BCUT2D eigenvalue weighted by molar-refractivity contribution is 0.0622. The summed E-state index contributed by atoms with van der Waals surface area (Å²) in [6.45, 7) is 4.49. The molecule has 0 bridgehead atoms. The fraction of sp³-hybridized carbons (Fsp3) is 0.583. The van der Waals surface area contributed by atoms with E-state index in [1.165, 1.54) is 11.3 Å². The van der Waals surface area contributed by atoms with Crippen molar-refractivity contribution in [2.24, 2.45) is 0 Å². The van der Waals surface area contributed by atoms with Crippen molar-refractivity contribution in [2.45, 2.75) is 32.7 Å². The molecule has 6 heteroatoms. The Kier molecular flexibility index (Phi) is 6.84. The number of nitrogens with zero attached hydrogens (tertiary/aromatic N) is 1. The first-order valence-electron chi connectivity index (χ1n) is 5.91. The van der Waals surface area contributed by atoms with Crippen LogP contribution in [0.3, 0.4) is 0 Å². The SMILES string of the molecule is CCC(CC)N(CCO)C(=O)c1cc(Br)sc1Br. The van der Waals surface area contributed by atoms with Gasteiger partial charge in [-0.1, -0.05) is 13.8 Å². The van der Waals surface area contributed by atoms with Crippen LogP contribution in [-0.2, 0) is 0 Å². The first kappa shape index (κ1) is 16.1. The number of carbonyl (C=O) groups is 1. The molecule has 0 spiro atoms. The summed E-state index contributed by atoms with van der Waals surface area (Å²) in [5, 5.41) is 9.13. The molecular formula is C12H17Br2NO2S.